The molecule has 2 nitrogen and oxygen atoms in total. The van der Waals surface area contributed by atoms with Crippen LogP contribution in [0.25, 0.3) is 33.4 Å². The Morgan fingerprint density at radius 2 is 1.13 bits per heavy atom. The van der Waals surface area contributed by atoms with E-state index < -0.39 is 5.41 Å². The van der Waals surface area contributed by atoms with Gasteiger partial charge in [0.2, 0.25) is 0 Å². The van der Waals surface area contributed by atoms with E-state index in [0.717, 1.165) is 35.0 Å². The molecule has 0 fully saturated rings. The van der Waals surface area contributed by atoms with Gasteiger partial charge in [-0.1, -0.05) is 153 Å². The molecule has 0 bridgehead atoms. The molecule has 2 heteroatoms. The molecular weight excluding hydrogens is 631 g/mol. The first kappa shape index (κ1) is 31.6. The van der Waals surface area contributed by atoms with Crippen LogP contribution in [0.5, 0.6) is 5.75 Å². The average Bonchev–Trinajstić information content (AvgIpc) is 3.51. The summed E-state index contributed by atoms with van der Waals surface area (Å²) in [6, 6.07) is 63.6. The Kier molecular flexibility index (Phi) is 7.94. The highest BCUT2D eigenvalue weighted by molar-refractivity contribution is 5.98. The standard InChI is InChI=1S/C50H39NO/c1-3-4-28-47-35(2)50(44-25-13-14-29-48(44)52-47)43-24-12-11-23-42(43)49-45(50)26-16-27-46(49)51(40-32-30-38(31-33-40)36-17-7-5-8-18-36)41-22-15-21-39(34-41)37-19-9-6-10-20-37/h4-34H,3H2,1-2H3/b28-4-. The number of hydrogen-bond acceptors (Lipinski definition) is 2. The fraction of sp³-hybridized carbons (Fsp3) is 0.0800. The van der Waals surface area contributed by atoms with Gasteiger partial charge >= 0.3 is 0 Å². The number of nitrogens with zero attached hydrogens (tertiary/aromatic N) is 1. The molecule has 0 radical (unpaired) electrons. The second-order valence-electron chi connectivity index (χ2n) is 13.6. The molecule has 0 amide bonds. The van der Waals surface area contributed by atoms with Gasteiger partial charge in [0.15, 0.2) is 0 Å². The molecule has 1 atom stereocenters. The molecule has 1 spiro atoms. The summed E-state index contributed by atoms with van der Waals surface area (Å²) in [5, 5.41) is 0. The van der Waals surface area contributed by atoms with E-state index in [1.807, 2.05) is 0 Å². The fourth-order valence-corrected chi connectivity index (χ4v) is 8.34. The van der Waals surface area contributed by atoms with Gasteiger partial charge in [-0.2, -0.15) is 0 Å². The van der Waals surface area contributed by atoms with Crippen LogP contribution in [-0.2, 0) is 5.41 Å². The minimum atomic E-state index is -0.515. The van der Waals surface area contributed by atoms with Crippen LogP contribution in [-0.4, -0.2) is 0 Å². The van der Waals surface area contributed by atoms with E-state index in [4.69, 9.17) is 4.74 Å². The molecule has 1 heterocycles. The molecular formula is C50H39NO. The van der Waals surface area contributed by atoms with Gasteiger partial charge in [-0.25, -0.2) is 0 Å². The first-order valence-electron chi connectivity index (χ1n) is 18.2. The van der Waals surface area contributed by atoms with Crippen molar-refractivity contribution in [3.8, 4) is 39.1 Å². The summed E-state index contributed by atoms with van der Waals surface area (Å²) in [6.07, 6.45) is 5.29. The van der Waals surface area contributed by atoms with E-state index in [1.165, 1.54) is 55.6 Å². The number of benzene rings is 7. The van der Waals surface area contributed by atoms with Gasteiger partial charge in [0.1, 0.15) is 11.5 Å². The molecule has 0 saturated carbocycles. The second kappa shape index (κ2) is 13.1. The van der Waals surface area contributed by atoms with Gasteiger partial charge in [0.05, 0.1) is 11.1 Å². The van der Waals surface area contributed by atoms with Crippen molar-refractivity contribution in [1.82, 2.24) is 0 Å². The number of rotatable bonds is 7. The van der Waals surface area contributed by atoms with E-state index >= 15 is 0 Å². The topological polar surface area (TPSA) is 12.5 Å². The SMILES string of the molecule is CC/C=C\C1=C(C)C2(c3ccccc3O1)c1ccccc1-c1c(N(c3ccc(-c4ccccc4)cc3)c3cccc(-c4ccccc4)c3)cccc12. The molecule has 250 valence electrons. The van der Waals surface area contributed by atoms with E-state index in [2.05, 4.69) is 207 Å². The van der Waals surface area contributed by atoms with Gasteiger partial charge in [-0.3, -0.25) is 0 Å². The van der Waals surface area contributed by atoms with Crippen molar-refractivity contribution in [1.29, 1.82) is 0 Å². The lowest BCUT2D eigenvalue weighted by Crippen LogP contribution is -2.33. The minimum absolute atomic E-state index is 0.515. The molecule has 52 heavy (non-hydrogen) atoms. The zero-order chi connectivity index (χ0) is 35.1. The van der Waals surface area contributed by atoms with Gasteiger partial charge in [0.25, 0.3) is 0 Å². The first-order valence-corrected chi connectivity index (χ1v) is 18.2. The largest absolute Gasteiger partial charge is 0.457 e. The Bertz CT molecular complexity index is 2480. The number of hydrogen-bond donors (Lipinski definition) is 0. The Morgan fingerprint density at radius 3 is 1.88 bits per heavy atom. The molecule has 1 unspecified atom stereocenters. The third kappa shape index (κ3) is 5.02. The van der Waals surface area contributed by atoms with Crippen LogP contribution in [0, 0.1) is 0 Å². The molecule has 7 aromatic rings. The summed E-state index contributed by atoms with van der Waals surface area (Å²) in [5.74, 6) is 1.82. The smallest absolute Gasteiger partial charge is 0.132 e. The van der Waals surface area contributed by atoms with E-state index in [0.29, 0.717) is 0 Å². The molecule has 0 aromatic heterocycles. The zero-order valence-electron chi connectivity index (χ0n) is 29.5. The molecule has 2 aliphatic rings. The monoisotopic (exact) mass is 669 g/mol. The third-order valence-corrected chi connectivity index (χ3v) is 10.7. The Morgan fingerprint density at radius 1 is 0.538 bits per heavy atom. The van der Waals surface area contributed by atoms with Crippen molar-refractivity contribution in [2.75, 3.05) is 4.90 Å². The first-order chi connectivity index (χ1) is 25.7. The quantitative estimate of drug-likeness (QED) is 0.167. The van der Waals surface area contributed by atoms with Gasteiger partial charge in [-0.05, 0) is 100 Å². The number of para-hydroxylation sites is 1. The number of ether oxygens (including phenoxy) is 1. The van der Waals surface area contributed by atoms with E-state index in [9.17, 15) is 0 Å². The highest BCUT2D eigenvalue weighted by Gasteiger charge is 2.51. The molecule has 7 aromatic carbocycles. The van der Waals surface area contributed by atoms with Crippen molar-refractivity contribution >= 4 is 17.1 Å². The Hall–Kier alpha value is -6.38. The van der Waals surface area contributed by atoms with Crippen LogP contribution >= 0.6 is 0 Å². The maximum Gasteiger partial charge on any atom is 0.132 e. The minimum Gasteiger partial charge on any atom is -0.457 e. The van der Waals surface area contributed by atoms with Crippen molar-refractivity contribution in [3.63, 3.8) is 0 Å². The van der Waals surface area contributed by atoms with Gasteiger partial charge < -0.3 is 9.64 Å². The predicted octanol–water partition coefficient (Wildman–Crippen LogP) is 13.4. The van der Waals surface area contributed by atoms with Crippen molar-refractivity contribution < 1.29 is 4.74 Å². The van der Waals surface area contributed by atoms with Gasteiger partial charge in [-0.15, -0.1) is 0 Å². The van der Waals surface area contributed by atoms with Crippen molar-refractivity contribution in [2.45, 2.75) is 25.7 Å². The molecule has 0 saturated heterocycles. The summed E-state index contributed by atoms with van der Waals surface area (Å²) in [7, 11) is 0. The highest BCUT2D eigenvalue weighted by atomic mass is 16.5. The maximum absolute atomic E-state index is 6.66. The van der Waals surface area contributed by atoms with Crippen LogP contribution in [0.4, 0.5) is 17.1 Å². The van der Waals surface area contributed by atoms with Crippen LogP contribution in [0.3, 0.4) is 0 Å². The maximum atomic E-state index is 6.66. The molecule has 0 N–H and O–H groups in total. The molecule has 9 rings (SSSR count). The summed E-state index contributed by atoms with van der Waals surface area (Å²) >= 11 is 0. The van der Waals surface area contributed by atoms with E-state index in [1.54, 1.807) is 0 Å². The Labute approximate surface area is 306 Å². The van der Waals surface area contributed by atoms with Gasteiger partial charge in [0, 0.05) is 22.5 Å². The summed E-state index contributed by atoms with van der Waals surface area (Å²) in [6.45, 7) is 4.42. The molecule has 1 aliphatic heterocycles. The second-order valence-corrected chi connectivity index (χ2v) is 13.6. The number of allylic oxidation sites excluding steroid dienone is 3. The van der Waals surface area contributed by atoms with Crippen LogP contribution in [0.15, 0.2) is 199 Å². The van der Waals surface area contributed by atoms with Crippen molar-refractivity contribution in [2.24, 2.45) is 0 Å². The van der Waals surface area contributed by atoms with Crippen LogP contribution < -0.4 is 9.64 Å². The Balaban J connectivity index is 1.32. The molecule has 1 aliphatic carbocycles. The van der Waals surface area contributed by atoms with Crippen molar-refractivity contribution in [3.05, 3.63) is 216 Å². The summed E-state index contributed by atoms with van der Waals surface area (Å²) < 4.78 is 6.66. The third-order valence-electron chi connectivity index (χ3n) is 10.7. The lowest BCUT2D eigenvalue weighted by molar-refractivity contribution is 0.398. The highest BCUT2D eigenvalue weighted by Crippen LogP contribution is 2.62. The normalized spacial score (nSPS) is 15.7. The zero-order valence-corrected chi connectivity index (χ0v) is 29.5. The lowest BCUT2D eigenvalue weighted by Gasteiger charge is -2.39. The van der Waals surface area contributed by atoms with Crippen LogP contribution in [0.1, 0.15) is 37.0 Å². The van der Waals surface area contributed by atoms with E-state index in [-0.39, 0.29) is 0 Å². The lowest BCUT2D eigenvalue weighted by atomic mass is 9.66. The van der Waals surface area contributed by atoms with Crippen LogP contribution in [0.2, 0.25) is 0 Å². The average molecular weight is 670 g/mol. The predicted molar refractivity (Wildman–Crippen MR) is 217 cm³/mol. The number of anilines is 3. The fourth-order valence-electron chi connectivity index (χ4n) is 8.34. The summed E-state index contributed by atoms with van der Waals surface area (Å²) in [5.41, 5.74) is 15.0. The summed E-state index contributed by atoms with van der Waals surface area (Å²) in [4.78, 5) is 2.44. The number of fused-ring (bicyclic) bond motifs is 7.